The number of benzene rings is 1. The summed E-state index contributed by atoms with van der Waals surface area (Å²) in [7, 11) is 0. The molecule has 6 heteroatoms. The molecule has 1 heterocycles. The van der Waals surface area contributed by atoms with Crippen LogP contribution in [0.5, 0.6) is 5.75 Å². The van der Waals surface area contributed by atoms with E-state index in [9.17, 15) is 10.4 Å². The molecular formula is C20H20BrIN2OS. The molecule has 0 amide bonds. The molecule has 0 bridgehead atoms. The fourth-order valence-corrected chi connectivity index (χ4v) is 6.03. The summed E-state index contributed by atoms with van der Waals surface area (Å²) in [6, 6.07) is 6.08. The molecule has 136 valence electrons. The Hall–Kier alpha value is -0.910. The molecular weight excluding hydrogens is 523 g/mol. The highest BCUT2D eigenvalue weighted by Crippen LogP contribution is 2.45. The Balaban J connectivity index is 1.93. The lowest BCUT2D eigenvalue weighted by molar-refractivity contribution is 0.218. The molecule has 3 rings (SSSR count). The van der Waals surface area contributed by atoms with Gasteiger partial charge in [0.15, 0.2) is 0 Å². The maximum atomic E-state index is 9.86. The van der Waals surface area contributed by atoms with Gasteiger partial charge in [0, 0.05) is 11.1 Å². The molecule has 0 saturated carbocycles. The second-order valence-electron chi connectivity index (χ2n) is 7.69. The van der Waals surface area contributed by atoms with E-state index in [0.717, 1.165) is 39.0 Å². The summed E-state index contributed by atoms with van der Waals surface area (Å²) in [6.07, 6.45) is 4.91. The van der Waals surface area contributed by atoms with Crippen molar-refractivity contribution in [2.75, 3.05) is 0 Å². The van der Waals surface area contributed by atoms with Gasteiger partial charge in [0.1, 0.15) is 16.8 Å². The van der Waals surface area contributed by atoms with Crippen LogP contribution in [0, 0.1) is 26.2 Å². The molecule has 1 aromatic carbocycles. The van der Waals surface area contributed by atoms with E-state index in [1.807, 2.05) is 12.1 Å². The third kappa shape index (κ3) is 4.00. The molecule has 0 spiro atoms. The minimum Gasteiger partial charge on any atom is -0.506 e. The first kappa shape index (κ1) is 19.8. The summed E-state index contributed by atoms with van der Waals surface area (Å²) in [4.78, 5) is 5.94. The number of aliphatic imine (C=N–C) groups is 1. The lowest BCUT2D eigenvalue weighted by Gasteiger charge is -2.33. The van der Waals surface area contributed by atoms with E-state index < -0.39 is 0 Å². The Kier molecular flexibility index (Phi) is 5.80. The second-order valence-corrected chi connectivity index (χ2v) is 10.8. The average Bonchev–Trinajstić information content (AvgIpc) is 2.93. The van der Waals surface area contributed by atoms with Crippen molar-refractivity contribution in [2.24, 2.45) is 16.3 Å². The van der Waals surface area contributed by atoms with Crippen LogP contribution in [0.1, 0.15) is 48.8 Å². The van der Waals surface area contributed by atoms with Gasteiger partial charge in [-0.25, -0.2) is 4.99 Å². The van der Waals surface area contributed by atoms with Gasteiger partial charge >= 0.3 is 0 Å². The van der Waals surface area contributed by atoms with Crippen molar-refractivity contribution in [3.05, 3.63) is 41.7 Å². The standard InChI is InChI=1S/C20H20BrIN2OS/c1-20(2,3)12-4-5-13-14(9-23)19(26-17(13)8-12)24-10-11-6-15(21)18(25)16(22)7-11/h6-7,10,12,25H,4-5,8H2,1-3H3/t12-/m1/s1. The van der Waals surface area contributed by atoms with Crippen LogP contribution < -0.4 is 0 Å². The van der Waals surface area contributed by atoms with Gasteiger partial charge in [0.2, 0.25) is 0 Å². The van der Waals surface area contributed by atoms with E-state index in [1.165, 1.54) is 10.4 Å². The summed E-state index contributed by atoms with van der Waals surface area (Å²) in [5.74, 6) is 0.881. The minimum absolute atomic E-state index is 0.236. The molecule has 1 aromatic heterocycles. The molecule has 26 heavy (non-hydrogen) atoms. The van der Waals surface area contributed by atoms with Crippen LogP contribution in [0.3, 0.4) is 0 Å². The normalized spacial score (nSPS) is 17.3. The number of hydrogen-bond donors (Lipinski definition) is 1. The maximum Gasteiger partial charge on any atom is 0.143 e. The third-order valence-electron chi connectivity index (χ3n) is 4.95. The molecule has 2 aromatic rings. The van der Waals surface area contributed by atoms with Gasteiger partial charge in [-0.05, 0) is 92.4 Å². The number of hydrogen-bond acceptors (Lipinski definition) is 4. The SMILES string of the molecule is CC(C)(C)[C@@H]1CCc2c(sc(N=Cc3cc(Br)c(O)c(I)c3)c2C#N)C1. The maximum absolute atomic E-state index is 9.86. The van der Waals surface area contributed by atoms with Crippen LogP contribution in [0.2, 0.25) is 0 Å². The third-order valence-corrected chi connectivity index (χ3v) is 7.54. The van der Waals surface area contributed by atoms with Crippen LogP contribution in [0.4, 0.5) is 5.00 Å². The Morgan fingerprint density at radius 1 is 1.42 bits per heavy atom. The molecule has 0 saturated heterocycles. The summed E-state index contributed by atoms with van der Waals surface area (Å²) in [5.41, 5.74) is 3.11. The largest absolute Gasteiger partial charge is 0.506 e. The number of phenols is 1. The van der Waals surface area contributed by atoms with Gasteiger partial charge in [-0.3, -0.25) is 0 Å². The number of nitrogens with zero attached hydrogens (tertiary/aromatic N) is 2. The monoisotopic (exact) mass is 542 g/mol. The molecule has 1 aliphatic carbocycles. The molecule has 1 aliphatic rings. The van der Waals surface area contributed by atoms with E-state index in [0.29, 0.717) is 10.4 Å². The summed E-state index contributed by atoms with van der Waals surface area (Å²) < 4.78 is 1.40. The first-order valence-corrected chi connectivity index (χ1v) is 11.2. The second kappa shape index (κ2) is 7.61. The lowest BCUT2D eigenvalue weighted by Crippen LogP contribution is -2.26. The Morgan fingerprint density at radius 3 is 2.77 bits per heavy atom. The number of thiophene rings is 1. The van der Waals surface area contributed by atoms with Crippen LogP contribution in [-0.2, 0) is 12.8 Å². The van der Waals surface area contributed by atoms with Crippen molar-refractivity contribution in [1.82, 2.24) is 0 Å². The first-order valence-electron chi connectivity index (χ1n) is 8.47. The molecule has 0 aliphatic heterocycles. The van der Waals surface area contributed by atoms with Gasteiger partial charge in [0.05, 0.1) is 13.6 Å². The fourth-order valence-electron chi connectivity index (χ4n) is 3.31. The number of phenolic OH excluding ortho intramolecular Hbond substituents is 1. The predicted octanol–water partition coefficient (Wildman–Crippen LogP) is 6.59. The molecule has 0 radical (unpaired) electrons. The average molecular weight is 543 g/mol. The highest BCUT2D eigenvalue weighted by Gasteiger charge is 2.32. The summed E-state index contributed by atoms with van der Waals surface area (Å²) in [5, 5.41) is 20.3. The van der Waals surface area contributed by atoms with Crippen LogP contribution in [0.25, 0.3) is 0 Å². The Labute approximate surface area is 180 Å². The number of halogens is 2. The minimum atomic E-state index is 0.236. The van der Waals surface area contributed by atoms with Gasteiger partial charge in [-0.15, -0.1) is 11.3 Å². The number of nitriles is 1. The highest BCUT2D eigenvalue weighted by molar-refractivity contribution is 14.1. The topological polar surface area (TPSA) is 56.4 Å². The molecule has 1 N–H and O–H groups in total. The Morgan fingerprint density at radius 2 is 2.15 bits per heavy atom. The quantitative estimate of drug-likeness (QED) is 0.343. The van der Waals surface area contributed by atoms with E-state index in [4.69, 9.17) is 0 Å². The molecule has 0 fully saturated rings. The first-order chi connectivity index (χ1) is 12.2. The highest BCUT2D eigenvalue weighted by atomic mass is 127. The smallest absolute Gasteiger partial charge is 0.143 e. The molecule has 1 atom stereocenters. The Bertz CT molecular complexity index is 898. The number of aromatic hydroxyl groups is 1. The molecule has 3 nitrogen and oxygen atoms in total. The van der Waals surface area contributed by atoms with Crippen molar-refractivity contribution in [3.63, 3.8) is 0 Å². The summed E-state index contributed by atoms with van der Waals surface area (Å²) in [6.45, 7) is 6.89. The zero-order chi connectivity index (χ0) is 19.1. The van der Waals surface area contributed by atoms with Gasteiger partial charge < -0.3 is 5.11 Å². The van der Waals surface area contributed by atoms with Crippen LogP contribution in [-0.4, -0.2) is 11.3 Å². The van der Waals surface area contributed by atoms with Crippen LogP contribution >= 0.6 is 49.9 Å². The zero-order valence-electron chi connectivity index (χ0n) is 14.9. The van der Waals surface area contributed by atoms with Crippen molar-refractivity contribution >= 4 is 61.1 Å². The van der Waals surface area contributed by atoms with Crippen LogP contribution in [0.15, 0.2) is 21.6 Å². The van der Waals surface area contributed by atoms with Crippen molar-refractivity contribution in [2.45, 2.75) is 40.0 Å². The van der Waals surface area contributed by atoms with E-state index in [-0.39, 0.29) is 11.2 Å². The number of rotatable bonds is 2. The number of fused-ring (bicyclic) bond motifs is 1. The zero-order valence-corrected chi connectivity index (χ0v) is 19.5. The van der Waals surface area contributed by atoms with Gasteiger partial charge in [-0.2, -0.15) is 5.26 Å². The lowest BCUT2D eigenvalue weighted by atomic mass is 9.72. The summed E-state index contributed by atoms with van der Waals surface area (Å²) >= 11 is 7.10. The van der Waals surface area contributed by atoms with E-state index in [1.54, 1.807) is 17.6 Å². The van der Waals surface area contributed by atoms with E-state index >= 15 is 0 Å². The van der Waals surface area contributed by atoms with Gasteiger partial charge in [0.25, 0.3) is 0 Å². The van der Waals surface area contributed by atoms with Crippen molar-refractivity contribution < 1.29 is 5.11 Å². The van der Waals surface area contributed by atoms with Crippen molar-refractivity contribution in [3.8, 4) is 11.8 Å². The van der Waals surface area contributed by atoms with Gasteiger partial charge in [-0.1, -0.05) is 20.8 Å². The predicted molar refractivity (Wildman–Crippen MR) is 120 cm³/mol. The van der Waals surface area contributed by atoms with Crippen molar-refractivity contribution in [1.29, 1.82) is 5.26 Å². The fraction of sp³-hybridized carbons (Fsp3) is 0.400. The molecule has 0 unspecified atom stereocenters. The van der Waals surface area contributed by atoms with E-state index in [2.05, 4.69) is 70.4 Å².